The number of β-amino-alcohol motifs (C(OH)–C–C–N with tert-alkyl or cyclic N) is 1. The molecule has 1 aliphatic rings. The average molecular weight is 293 g/mol. The Morgan fingerprint density at radius 1 is 1.62 bits per heavy atom. The number of nitrogens with two attached hydrogens (primary N) is 1. The van der Waals surface area contributed by atoms with Gasteiger partial charge in [-0.25, -0.2) is 0 Å². The van der Waals surface area contributed by atoms with Crippen molar-refractivity contribution in [2.75, 3.05) is 38.6 Å². The van der Waals surface area contributed by atoms with E-state index in [0.717, 1.165) is 5.56 Å². The molecule has 2 unspecified atom stereocenters. The molecule has 1 aliphatic heterocycles. The van der Waals surface area contributed by atoms with Gasteiger partial charge in [0.1, 0.15) is 6.04 Å². The summed E-state index contributed by atoms with van der Waals surface area (Å²) in [6, 6.07) is 6.83. The van der Waals surface area contributed by atoms with Crippen LogP contribution < -0.4 is 11.1 Å². The van der Waals surface area contributed by atoms with Crippen molar-refractivity contribution in [3.8, 4) is 0 Å². The molecule has 1 saturated heterocycles. The molecule has 4 N–H and O–H groups in total. The van der Waals surface area contributed by atoms with Crippen molar-refractivity contribution in [1.82, 2.24) is 10.2 Å². The molecule has 2 atom stereocenters. The van der Waals surface area contributed by atoms with Crippen LogP contribution in [0.4, 0.5) is 5.69 Å². The smallest absolute Gasteiger partial charge is 0.239 e. The summed E-state index contributed by atoms with van der Waals surface area (Å²) in [5.74, 6) is -0.0584. The molecule has 1 aromatic carbocycles. The number of carbonyl (C=O) groups is 1. The van der Waals surface area contributed by atoms with Gasteiger partial charge in [-0.05, 0) is 24.6 Å². The van der Waals surface area contributed by atoms with E-state index < -0.39 is 6.10 Å². The molecule has 21 heavy (non-hydrogen) atoms. The van der Waals surface area contributed by atoms with E-state index in [-0.39, 0.29) is 11.9 Å². The Morgan fingerprint density at radius 2 is 2.43 bits per heavy atom. The Hall–Kier alpha value is -1.63. The molecular weight excluding hydrogens is 270 g/mol. The van der Waals surface area contributed by atoms with Gasteiger partial charge < -0.3 is 20.9 Å². The second kappa shape index (κ2) is 7.40. The number of aliphatic hydroxyl groups is 1. The zero-order valence-electron chi connectivity index (χ0n) is 12.3. The van der Waals surface area contributed by atoms with Crippen molar-refractivity contribution in [2.24, 2.45) is 0 Å². The molecule has 1 amide bonds. The highest BCUT2D eigenvalue weighted by molar-refractivity contribution is 5.81. The maximum absolute atomic E-state index is 12.0. The minimum Gasteiger partial charge on any atom is -0.399 e. The zero-order valence-corrected chi connectivity index (χ0v) is 12.3. The zero-order chi connectivity index (χ0) is 15.2. The van der Waals surface area contributed by atoms with E-state index >= 15 is 0 Å². The number of rotatable bonds is 5. The summed E-state index contributed by atoms with van der Waals surface area (Å²) in [5.41, 5.74) is 7.12. The van der Waals surface area contributed by atoms with Gasteiger partial charge in [0.15, 0.2) is 0 Å². The number of hydrogen-bond donors (Lipinski definition) is 3. The molecule has 0 radical (unpaired) electrons. The number of ether oxygens (including phenoxy) is 1. The third kappa shape index (κ3) is 4.17. The van der Waals surface area contributed by atoms with Gasteiger partial charge in [-0.2, -0.15) is 0 Å². The molecule has 0 saturated carbocycles. The molecule has 0 aromatic heterocycles. The van der Waals surface area contributed by atoms with Crippen molar-refractivity contribution in [3.05, 3.63) is 29.8 Å². The number of likely N-dealkylation sites (N-methyl/N-ethyl adjacent to an activating group) is 1. The normalized spacial score (nSPS) is 21.0. The summed E-state index contributed by atoms with van der Waals surface area (Å²) >= 11 is 0. The van der Waals surface area contributed by atoms with E-state index in [0.29, 0.717) is 38.5 Å². The topological polar surface area (TPSA) is 87.8 Å². The van der Waals surface area contributed by atoms with Crippen LogP contribution in [0.1, 0.15) is 18.6 Å². The number of nitrogens with one attached hydrogen (secondary N) is 1. The van der Waals surface area contributed by atoms with Crippen LogP contribution in [0.5, 0.6) is 0 Å². The van der Waals surface area contributed by atoms with Gasteiger partial charge in [-0.1, -0.05) is 12.1 Å². The van der Waals surface area contributed by atoms with Crippen LogP contribution in [0, 0.1) is 0 Å². The average Bonchev–Trinajstić information content (AvgIpc) is 2.48. The van der Waals surface area contributed by atoms with Gasteiger partial charge in [0.25, 0.3) is 0 Å². The minimum atomic E-state index is -0.677. The van der Waals surface area contributed by atoms with Crippen molar-refractivity contribution in [2.45, 2.75) is 19.1 Å². The summed E-state index contributed by atoms with van der Waals surface area (Å²) in [6.45, 7) is 4.40. The molecular formula is C15H23N3O3. The fourth-order valence-corrected chi connectivity index (χ4v) is 2.48. The molecule has 1 aromatic rings. The lowest BCUT2D eigenvalue weighted by Crippen LogP contribution is -2.54. The number of nitrogens with zero attached hydrogens (tertiary/aromatic N) is 1. The van der Waals surface area contributed by atoms with Crippen LogP contribution in [-0.4, -0.2) is 54.8 Å². The summed E-state index contributed by atoms with van der Waals surface area (Å²) < 4.78 is 5.38. The van der Waals surface area contributed by atoms with E-state index in [9.17, 15) is 9.90 Å². The van der Waals surface area contributed by atoms with Gasteiger partial charge in [0, 0.05) is 25.3 Å². The van der Waals surface area contributed by atoms with E-state index in [1.165, 1.54) is 0 Å². The first-order chi connectivity index (χ1) is 10.1. The number of anilines is 1. The standard InChI is InChI=1S/C15H23N3O3/c1-2-17-15(20)13-10-21-7-6-18(13)9-14(19)11-4-3-5-12(16)8-11/h3-5,8,13-14,19H,2,6-7,9-10,16H2,1H3,(H,17,20). The number of morpholine rings is 1. The maximum Gasteiger partial charge on any atom is 0.239 e. The Kier molecular flexibility index (Phi) is 5.55. The highest BCUT2D eigenvalue weighted by Crippen LogP contribution is 2.19. The molecule has 6 heteroatoms. The molecule has 1 heterocycles. The third-order valence-corrected chi connectivity index (χ3v) is 3.60. The highest BCUT2D eigenvalue weighted by Gasteiger charge is 2.30. The summed E-state index contributed by atoms with van der Waals surface area (Å²) in [6.07, 6.45) is -0.677. The first-order valence-electron chi connectivity index (χ1n) is 7.24. The Labute approximate surface area is 124 Å². The number of benzene rings is 1. The van der Waals surface area contributed by atoms with E-state index in [4.69, 9.17) is 10.5 Å². The number of carbonyl (C=O) groups excluding carboxylic acids is 1. The van der Waals surface area contributed by atoms with Crippen LogP contribution in [0.2, 0.25) is 0 Å². The van der Waals surface area contributed by atoms with Crippen molar-refractivity contribution >= 4 is 11.6 Å². The highest BCUT2D eigenvalue weighted by atomic mass is 16.5. The number of aliphatic hydroxyl groups excluding tert-OH is 1. The minimum absolute atomic E-state index is 0.0584. The first kappa shape index (κ1) is 15.8. The van der Waals surface area contributed by atoms with Crippen LogP contribution in [0.25, 0.3) is 0 Å². The number of nitrogen functional groups attached to an aromatic ring is 1. The van der Waals surface area contributed by atoms with Crippen molar-refractivity contribution < 1.29 is 14.6 Å². The lowest BCUT2D eigenvalue weighted by molar-refractivity contribution is -0.133. The van der Waals surface area contributed by atoms with Gasteiger partial charge in [-0.15, -0.1) is 0 Å². The van der Waals surface area contributed by atoms with Crippen LogP contribution in [0.15, 0.2) is 24.3 Å². The Balaban J connectivity index is 2.03. The van der Waals surface area contributed by atoms with Crippen LogP contribution in [-0.2, 0) is 9.53 Å². The number of amides is 1. The summed E-state index contributed by atoms with van der Waals surface area (Å²) in [5, 5.41) is 13.2. The molecule has 116 valence electrons. The molecule has 6 nitrogen and oxygen atoms in total. The Bertz CT molecular complexity index is 481. The second-order valence-corrected chi connectivity index (χ2v) is 5.17. The van der Waals surface area contributed by atoms with Crippen molar-refractivity contribution in [3.63, 3.8) is 0 Å². The van der Waals surface area contributed by atoms with E-state index in [1.54, 1.807) is 12.1 Å². The van der Waals surface area contributed by atoms with Gasteiger partial charge in [0.05, 0.1) is 19.3 Å². The first-order valence-corrected chi connectivity index (χ1v) is 7.24. The van der Waals surface area contributed by atoms with Crippen LogP contribution in [0.3, 0.4) is 0 Å². The molecule has 0 aliphatic carbocycles. The molecule has 1 fully saturated rings. The lowest BCUT2D eigenvalue weighted by Gasteiger charge is -2.35. The Morgan fingerprint density at radius 3 is 3.14 bits per heavy atom. The van der Waals surface area contributed by atoms with Crippen LogP contribution >= 0.6 is 0 Å². The molecule has 2 rings (SSSR count). The van der Waals surface area contributed by atoms with Gasteiger partial charge >= 0.3 is 0 Å². The monoisotopic (exact) mass is 293 g/mol. The largest absolute Gasteiger partial charge is 0.399 e. The predicted molar refractivity (Wildman–Crippen MR) is 80.7 cm³/mol. The molecule has 0 spiro atoms. The van der Waals surface area contributed by atoms with Gasteiger partial charge in [-0.3, -0.25) is 9.69 Å². The summed E-state index contributed by atoms with van der Waals surface area (Å²) in [4.78, 5) is 14.0. The SMILES string of the molecule is CCNC(=O)C1COCCN1CC(O)c1cccc(N)c1. The number of hydrogen-bond acceptors (Lipinski definition) is 5. The van der Waals surface area contributed by atoms with E-state index in [2.05, 4.69) is 5.32 Å². The third-order valence-electron chi connectivity index (χ3n) is 3.60. The molecule has 0 bridgehead atoms. The lowest BCUT2D eigenvalue weighted by atomic mass is 10.1. The summed E-state index contributed by atoms with van der Waals surface area (Å²) in [7, 11) is 0. The fourth-order valence-electron chi connectivity index (χ4n) is 2.48. The second-order valence-electron chi connectivity index (χ2n) is 5.17. The van der Waals surface area contributed by atoms with E-state index in [1.807, 2.05) is 24.0 Å². The quantitative estimate of drug-likeness (QED) is 0.672. The maximum atomic E-state index is 12.0. The van der Waals surface area contributed by atoms with Crippen molar-refractivity contribution in [1.29, 1.82) is 0 Å². The predicted octanol–water partition coefficient (Wildman–Crippen LogP) is 0.139. The van der Waals surface area contributed by atoms with Gasteiger partial charge in [0.2, 0.25) is 5.91 Å². The fraction of sp³-hybridized carbons (Fsp3) is 0.533.